The van der Waals surface area contributed by atoms with E-state index in [1.54, 1.807) is 27.4 Å². The average Bonchev–Trinajstić information content (AvgIpc) is 3.59. The van der Waals surface area contributed by atoms with Crippen LogP contribution in [-0.2, 0) is 11.0 Å². The maximum atomic E-state index is 13.7. The number of nitrogens with zero attached hydrogens (tertiary/aromatic N) is 6. The van der Waals surface area contributed by atoms with Gasteiger partial charge in [0.15, 0.2) is 17.3 Å². The Labute approximate surface area is 236 Å². The fourth-order valence-corrected chi connectivity index (χ4v) is 6.02. The summed E-state index contributed by atoms with van der Waals surface area (Å²) in [6.07, 6.45) is 6.12. The number of fused-ring (bicyclic) bond motifs is 1. The summed E-state index contributed by atoms with van der Waals surface area (Å²) in [5.41, 5.74) is 3.48. The second-order valence-electron chi connectivity index (χ2n) is 9.63. The molecule has 0 bridgehead atoms. The van der Waals surface area contributed by atoms with Crippen molar-refractivity contribution in [1.82, 2.24) is 28.7 Å². The number of carbonyl (C=O) groups is 1. The molecule has 0 aliphatic carbocycles. The van der Waals surface area contributed by atoms with Gasteiger partial charge in [-0.3, -0.25) is 4.79 Å². The molecule has 1 unspecified atom stereocenters. The molecular formula is C28H27F2N7O3S. The van der Waals surface area contributed by atoms with Gasteiger partial charge in [0.25, 0.3) is 5.91 Å². The molecule has 212 valence electrons. The lowest BCUT2D eigenvalue weighted by molar-refractivity contribution is 0.102. The highest BCUT2D eigenvalue weighted by Gasteiger charge is 2.28. The lowest BCUT2D eigenvalue weighted by Crippen LogP contribution is -2.34. The van der Waals surface area contributed by atoms with Gasteiger partial charge in [0.05, 0.1) is 22.5 Å². The number of aromatic nitrogens is 5. The van der Waals surface area contributed by atoms with Crippen molar-refractivity contribution < 1.29 is 23.3 Å². The van der Waals surface area contributed by atoms with Gasteiger partial charge in [-0.25, -0.2) is 31.5 Å². The smallest absolute Gasteiger partial charge is 0.262 e. The van der Waals surface area contributed by atoms with E-state index < -0.39 is 22.6 Å². The van der Waals surface area contributed by atoms with Gasteiger partial charge in [-0.15, -0.1) is 0 Å². The third-order valence-electron chi connectivity index (χ3n) is 6.97. The molecule has 3 N–H and O–H groups in total. The molecule has 6 rings (SSSR count). The van der Waals surface area contributed by atoms with E-state index >= 15 is 0 Å². The van der Waals surface area contributed by atoms with Crippen LogP contribution in [0.25, 0.3) is 11.3 Å². The first kappa shape index (κ1) is 28.2. The van der Waals surface area contributed by atoms with Crippen LogP contribution < -0.4 is 5.32 Å². The summed E-state index contributed by atoms with van der Waals surface area (Å²) in [5.74, 6) is -1.78. The molecule has 41 heavy (non-hydrogen) atoms. The largest absolute Gasteiger partial charge is 0.412 e. The molecule has 4 heterocycles. The first-order valence-electron chi connectivity index (χ1n) is 12.8. The molecule has 1 aliphatic rings. The quantitative estimate of drug-likeness (QED) is 0.327. The molecule has 13 heteroatoms. The Kier molecular flexibility index (Phi) is 8.01. The van der Waals surface area contributed by atoms with Gasteiger partial charge >= 0.3 is 0 Å². The van der Waals surface area contributed by atoms with Crippen LogP contribution in [0, 0.1) is 18.6 Å². The molecule has 3 aromatic heterocycles. The number of halogens is 2. The predicted molar refractivity (Wildman–Crippen MR) is 149 cm³/mol. The van der Waals surface area contributed by atoms with E-state index in [-0.39, 0.29) is 22.2 Å². The maximum Gasteiger partial charge on any atom is 0.262 e. The number of rotatable bonds is 6. The summed E-state index contributed by atoms with van der Waals surface area (Å²) >= 11 is 0. The molecule has 10 nitrogen and oxygen atoms in total. The van der Waals surface area contributed by atoms with E-state index in [9.17, 15) is 17.8 Å². The number of anilines is 1. The first-order chi connectivity index (χ1) is 19.4. The lowest BCUT2D eigenvalue weighted by atomic mass is 9.95. The number of hydrogen-bond donors (Lipinski definition) is 1. The third kappa shape index (κ3) is 5.64. The zero-order chi connectivity index (χ0) is 27.8. The maximum absolute atomic E-state index is 13.7. The third-order valence-corrected chi connectivity index (χ3v) is 8.46. The fraction of sp³-hybridized carbons (Fsp3) is 0.214. The predicted octanol–water partition coefficient (Wildman–Crippen LogP) is 3.83. The van der Waals surface area contributed by atoms with Crippen LogP contribution in [0.15, 0.2) is 78.1 Å². The lowest BCUT2D eigenvalue weighted by Gasteiger charge is -2.30. The second-order valence-corrected chi connectivity index (χ2v) is 11.1. The SMILES string of the molecule is Cc1ccc(-n2nc(C3CCN(S(=O)c4ccc(F)c(F)c4)CC3)cc2NC(=O)c2cnn3cccnc23)cc1.O. The van der Waals surface area contributed by atoms with Gasteiger partial charge in [0.1, 0.15) is 22.4 Å². The highest BCUT2D eigenvalue weighted by atomic mass is 32.2. The van der Waals surface area contributed by atoms with E-state index in [0.29, 0.717) is 43.0 Å². The molecule has 1 saturated heterocycles. The topological polar surface area (TPSA) is 129 Å². The number of nitrogens with one attached hydrogen (secondary N) is 1. The van der Waals surface area contributed by atoms with Crippen molar-refractivity contribution in [1.29, 1.82) is 0 Å². The summed E-state index contributed by atoms with van der Waals surface area (Å²) < 4.78 is 45.0. The Hall–Kier alpha value is -4.33. The molecule has 0 saturated carbocycles. The summed E-state index contributed by atoms with van der Waals surface area (Å²) in [6, 6.07) is 14.7. The number of hydrogen-bond acceptors (Lipinski definition) is 5. The summed E-state index contributed by atoms with van der Waals surface area (Å²) in [6.45, 7) is 2.98. The van der Waals surface area contributed by atoms with Gasteiger partial charge in [-0.1, -0.05) is 17.7 Å². The molecule has 2 aromatic carbocycles. The molecule has 0 spiro atoms. The van der Waals surface area contributed by atoms with E-state index in [2.05, 4.69) is 15.4 Å². The van der Waals surface area contributed by atoms with Gasteiger partial charge in [0, 0.05) is 37.5 Å². The summed E-state index contributed by atoms with van der Waals surface area (Å²) in [7, 11) is -1.60. The zero-order valence-electron chi connectivity index (χ0n) is 22.0. The number of benzene rings is 2. The minimum atomic E-state index is -1.60. The summed E-state index contributed by atoms with van der Waals surface area (Å²) in [5, 5.41) is 12.0. The van der Waals surface area contributed by atoms with Crippen molar-refractivity contribution in [3.05, 3.63) is 102 Å². The monoisotopic (exact) mass is 579 g/mol. The van der Waals surface area contributed by atoms with Crippen LogP contribution in [0.4, 0.5) is 14.6 Å². The molecule has 1 aliphatic heterocycles. The van der Waals surface area contributed by atoms with E-state index in [4.69, 9.17) is 5.10 Å². The van der Waals surface area contributed by atoms with Crippen LogP contribution in [0.1, 0.15) is 40.4 Å². The number of carbonyl (C=O) groups excluding carboxylic acids is 1. The van der Waals surface area contributed by atoms with E-state index in [1.807, 2.05) is 37.3 Å². The highest BCUT2D eigenvalue weighted by Crippen LogP contribution is 2.32. The van der Waals surface area contributed by atoms with Gasteiger partial charge < -0.3 is 10.8 Å². The van der Waals surface area contributed by atoms with Crippen molar-refractivity contribution in [2.75, 3.05) is 18.4 Å². The second kappa shape index (κ2) is 11.6. The van der Waals surface area contributed by atoms with Crippen LogP contribution in [0.2, 0.25) is 0 Å². The van der Waals surface area contributed by atoms with Crippen molar-refractivity contribution in [2.24, 2.45) is 0 Å². The van der Waals surface area contributed by atoms with Crippen LogP contribution in [-0.4, -0.2) is 57.4 Å². The normalized spacial score (nSPS) is 15.0. The number of piperidine rings is 1. The van der Waals surface area contributed by atoms with Gasteiger partial charge in [-0.2, -0.15) is 10.2 Å². The van der Waals surface area contributed by atoms with E-state index in [1.165, 1.54) is 16.8 Å². The molecule has 5 aromatic rings. The summed E-state index contributed by atoms with van der Waals surface area (Å²) in [4.78, 5) is 17.8. The zero-order valence-corrected chi connectivity index (χ0v) is 22.8. The highest BCUT2D eigenvalue weighted by molar-refractivity contribution is 7.82. The average molecular weight is 580 g/mol. The van der Waals surface area contributed by atoms with Crippen LogP contribution in [0.3, 0.4) is 0 Å². The Bertz CT molecular complexity index is 1730. The number of amides is 1. The van der Waals surface area contributed by atoms with Crippen molar-refractivity contribution in [2.45, 2.75) is 30.6 Å². The van der Waals surface area contributed by atoms with Gasteiger partial charge in [0.2, 0.25) is 0 Å². The molecule has 1 atom stereocenters. The minimum absolute atomic E-state index is 0. The minimum Gasteiger partial charge on any atom is -0.412 e. The Morgan fingerprint density at radius 2 is 1.80 bits per heavy atom. The van der Waals surface area contributed by atoms with Gasteiger partial charge in [-0.05, 0) is 56.2 Å². The first-order valence-corrected chi connectivity index (χ1v) is 13.9. The van der Waals surface area contributed by atoms with Crippen LogP contribution >= 0.6 is 0 Å². The molecular weight excluding hydrogens is 552 g/mol. The fourth-order valence-electron chi connectivity index (χ4n) is 4.79. The van der Waals surface area contributed by atoms with Crippen molar-refractivity contribution >= 4 is 28.4 Å². The number of aryl methyl sites for hydroxylation is 1. The molecule has 1 fully saturated rings. The Balaban J connectivity index is 0.00000337. The molecule has 1 amide bonds. The van der Waals surface area contributed by atoms with E-state index in [0.717, 1.165) is 29.1 Å². The van der Waals surface area contributed by atoms with Crippen molar-refractivity contribution in [3.63, 3.8) is 0 Å². The van der Waals surface area contributed by atoms with Crippen molar-refractivity contribution in [3.8, 4) is 5.69 Å². The van der Waals surface area contributed by atoms with Crippen LogP contribution in [0.5, 0.6) is 0 Å². The standard InChI is InChI=1S/C28H25F2N7O2S.H2O/c1-18-3-5-20(6-4-18)37-26(33-28(38)22-17-32-36-12-2-11-31-27(22)36)16-25(34-37)19-9-13-35(14-10-19)40(39)21-7-8-23(29)24(30)15-21;/h2-8,11-12,15-17,19H,9-10,13-14H2,1H3,(H,33,38);1H2. The molecule has 0 radical (unpaired) electrons. The Morgan fingerprint density at radius 1 is 1.05 bits per heavy atom. The Morgan fingerprint density at radius 3 is 2.54 bits per heavy atom.